The average molecular weight is 293 g/mol. The van der Waals surface area contributed by atoms with E-state index < -0.39 is 17.6 Å². The molecule has 1 unspecified atom stereocenters. The first-order valence-corrected chi connectivity index (χ1v) is 5.90. The van der Waals surface area contributed by atoms with Crippen LogP contribution in [0, 0.1) is 0 Å². The minimum atomic E-state index is -4.94. The molecule has 0 aliphatic rings. The molecule has 2 rings (SSSR count). The number of anilines is 1. The van der Waals surface area contributed by atoms with Gasteiger partial charge in [-0.3, -0.25) is 0 Å². The largest absolute Gasteiger partial charge is 0.429 e. The van der Waals surface area contributed by atoms with Crippen molar-refractivity contribution in [1.82, 2.24) is 19.7 Å². The molecule has 0 amide bonds. The fraction of sp³-hybridized carbons (Fsp3) is 0.444. The lowest BCUT2D eigenvalue weighted by molar-refractivity contribution is -0.250. The Morgan fingerprint density at radius 1 is 1.37 bits per heavy atom. The van der Waals surface area contributed by atoms with E-state index in [0.29, 0.717) is 11.3 Å². The molecule has 1 atom stereocenters. The van der Waals surface area contributed by atoms with Gasteiger partial charge in [0, 0.05) is 20.3 Å². The molecule has 0 aliphatic heterocycles. The van der Waals surface area contributed by atoms with Gasteiger partial charge in [-0.1, -0.05) is 11.3 Å². The Hall–Kier alpha value is -1.68. The van der Waals surface area contributed by atoms with Gasteiger partial charge in [0.15, 0.2) is 11.0 Å². The summed E-state index contributed by atoms with van der Waals surface area (Å²) in [6, 6.07) is 0. The lowest BCUT2D eigenvalue weighted by Crippen LogP contribution is -2.44. The summed E-state index contributed by atoms with van der Waals surface area (Å²) in [7, 11) is 2.80. The molecule has 2 aromatic heterocycles. The van der Waals surface area contributed by atoms with Crippen LogP contribution in [0.25, 0.3) is 0 Å². The topological polar surface area (TPSA) is 75.9 Å². The first kappa shape index (κ1) is 13.7. The summed E-state index contributed by atoms with van der Waals surface area (Å²) in [5.74, 6) is -0.605. The highest BCUT2D eigenvalue weighted by atomic mass is 32.1. The molecule has 0 aromatic carbocycles. The van der Waals surface area contributed by atoms with Crippen LogP contribution in [0.5, 0.6) is 0 Å². The molecular weight excluding hydrogens is 283 g/mol. The van der Waals surface area contributed by atoms with E-state index in [-0.39, 0.29) is 10.0 Å². The Morgan fingerprint density at radius 3 is 2.47 bits per heavy atom. The number of aromatic nitrogens is 4. The van der Waals surface area contributed by atoms with Gasteiger partial charge in [-0.15, -0.1) is 0 Å². The van der Waals surface area contributed by atoms with E-state index in [0.717, 1.165) is 17.2 Å². The zero-order valence-corrected chi connectivity index (χ0v) is 10.7. The van der Waals surface area contributed by atoms with Crippen molar-refractivity contribution in [2.24, 2.45) is 7.05 Å². The van der Waals surface area contributed by atoms with Crippen LogP contribution in [0.4, 0.5) is 18.3 Å². The maximum Gasteiger partial charge on any atom is 0.429 e. The Balaban J connectivity index is 2.62. The third-order valence-corrected chi connectivity index (χ3v) is 3.65. The molecule has 2 N–H and O–H groups in total. The third kappa shape index (κ3) is 2.06. The Labute approximate surface area is 109 Å². The molecular formula is C9H10F3N5OS. The van der Waals surface area contributed by atoms with E-state index in [2.05, 4.69) is 20.4 Å². The summed E-state index contributed by atoms with van der Waals surface area (Å²) in [6.45, 7) is 0. The first-order valence-electron chi connectivity index (χ1n) is 5.08. The molecule has 0 fully saturated rings. The van der Waals surface area contributed by atoms with Crippen LogP contribution in [0.2, 0.25) is 0 Å². The minimum Gasteiger partial charge on any atom is -0.369 e. The molecule has 0 aliphatic carbocycles. The standard InChI is InChI=1S/C9H10F3N5OS/c1-13-7-14-3-5(19-7)8(18,9(10,11)12)6-15-4-16-17(6)2/h3-4,18H,1-2H3,(H,13,14). The SMILES string of the molecule is CNc1ncc(C(O)(c2ncnn2C)C(F)(F)F)s1. The molecule has 0 saturated carbocycles. The summed E-state index contributed by atoms with van der Waals surface area (Å²) < 4.78 is 40.7. The number of nitrogens with zero attached hydrogens (tertiary/aromatic N) is 4. The number of thiazole rings is 1. The van der Waals surface area contributed by atoms with Gasteiger partial charge in [0.05, 0.1) is 4.88 Å². The minimum absolute atomic E-state index is 0.264. The maximum atomic E-state index is 13.3. The summed E-state index contributed by atoms with van der Waals surface area (Å²) in [6.07, 6.45) is -3.02. The highest BCUT2D eigenvalue weighted by Crippen LogP contribution is 2.45. The number of aryl methyl sites for hydroxylation is 1. The van der Waals surface area contributed by atoms with Gasteiger partial charge >= 0.3 is 6.18 Å². The van der Waals surface area contributed by atoms with E-state index in [4.69, 9.17) is 0 Å². The van der Waals surface area contributed by atoms with Gasteiger partial charge < -0.3 is 10.4 Å². The summed E-state index contributed by atoms with van der Waals surface area (Å²) in [4.78, 5) is 6.88. The zero-order chi connectivity index (χ0) is 14.3. The number of alkyl halides is 3. The van der Waals surface area contributed by atoms with E-state index in [1.165, 1.54) is 14.1 Å². The highest BCUT2D eigenvalue weighted by Gasteiger charge is 2.60. The summed E-state index contributed by atoms with van der Waals surface area (Å²) >= 11 is 0.700. The zero-order valence-electron chi connectivity index (χ0n) is 9.93. The van der Waals surface area contributed by atoms with Crippen LogP contribution in [0.15, 0.2) is 12.5 Å². The first-order chi connectivity index (χ1) is 8.80. The van der Waals surface area contributed by atoms with Gasteiger partial charge in [-0.05, 0) is 0 Å². The number of rotatable bonds is 3. The molecule has 6 nitrogen and oxygen atoms in total. The maximum absolute atomic E-state index is 13.3. The molecule has 0 radical (unpaired) electrons. The van der Waals surface area contributed by atoms with Gasteiger partial charge in [0.1, 0.15) is 6.33 Å². The van der Waals surface area contributed by atoms with Crippen LogP contribution in [-0.2, 0) is 12.6 Å². The fourth-order valence-electron chi connectivity index (χ4n) is 1.56. The number of halogens is 3. The normalized spacial score (nSPS) is 15.3. The number of aliphatic hydroxyl groups is 1. The van der Waals surface area contributed by atoms with Gasteiger partial charge in [0.2, 0.25) is 0 Å². The monoisotopic (exact) mass is 293 g/mol. The Bertz CT molecular complexity index is 580. The summed E-state index contributed by atoms with van der Waals surface area (Å²) in [5.41, 5.74) is -3.23. The number of hydrogen-bond donors (Lipinski definition) is 2. The van der Waals surface area contributed by atoms with Crippen LogP contribution in [-0.4, -0.2) is 38.1 Å². The molecule has 0 bridgehead atoms. The lowest BCUT2D eigenvalue weighted by atomic mass is 10.0. The van der Waals surface area contributed by atoms with Crippen molar-refractivity contribution >= 4 is 16.5 Å². The van der Waals surface area contributed by atoms with Crippen LogP contribution >= 0.6 is 11.3 Å². The molecule has 0 saturated heterocycles. The second-order valence-electron chi connectivity index (χ2n) is 3.70. The fourth-order valence-corrected chi connectivity index (χ4v) is 2.43. The van der Waals surface area contributed by atoms with Gasteiger partial charge in [0.25, 0.3) is 5.60 Å². The quantitative estimate of drug-likeness (QED) is 0.886. The van der Waals surface area contributed by atoms with E-state index in [1.807, 2.05) is 0 Å². The van der Waals surface area contributed by atoms with E-state index in [9.17, 15) is 18.3 Å². The van der Waals surface area contributed by atoms with E-state index in [1.54, 1.807) is 0 Å². The predicted molar refractivity (Wildman–Crippen MR) is 61.7 cm³/mol. The predicted octanol–water partition coefficient (Wildman–Crippen LogP) is 1.11. The van der Waals surface area contributed by atoms with Crippen molar-refractivity contribution in [3.8, 4) is 0 Å². The van der Waals surface area contributed by atoms with E-state index >= 15 is 0 Å². The number of hydrogen-bond acceptors (Lipinski definition) is 6. The molecule has 10 heteroatoms. The molecule has 0 spiro atoms. The van der Waals surface area contributed by atoms with Crippen LogP contribution in [0.3, 0.4) is 0 Å². The molecule has 2 heterocycles. The van der Waals surface area contributed by atoms with Gasteiger partial charge in [-0.2, -0.15) is 18.3 Å². The highest BCUT2D eigenvalue weighted by molar-refractivity contribution is 7.15. The Kier molecular flexibility index (Phi) is 3.22. The summed E-state index contributed by atoms with van der Waals surface area (Å²) in [5, 5.41) is 16.6. The third-order valence-electron chi connectivity index (χ3n) is 2.52. The second-order valence-corrected chi connectivity index (χ2v) is 4.73. The van der Waals surface area contributed by atoms with Crippen molar-refractivity contribution in [1.29, 1.82) is 0 Å². The smallest absolute Gasteiger partial charge is 0.369 e. The lowest BCUT2D eigenvalue weighted by Gasteiger charge is -2.27. The second kappa shape index (κ2) is 4.46. The van der Waals surface area contributed by atoms with Crippen molar-refractivity contribution in [3.05, 3.63) is 23.2 Å². The average Bonchev–Trinajstić information content (AvgIpc) is 2.95. The van der Waals surface area contributed by atoms with Crippen LogP contribution in [0.1, 0.15) is 10.7 Å². The van der Waals surface area contributed by atoms with Gasteiger partial charge in [-0.25, -0.2) is 14.6 Å². The Morgan fingerprint density at radius 2 is 2.05 bits per heavy atom. The van der Waals surface area contributed by atoms with Crippen molar-refractivity contribution in [2.75, 3.05) is 12.4 Å². The molecule has 19 heavy (non-hydrogen) atoms. The molecule has 104 valence electrons. The van der Waals surface area contributed by atoms with Crippen molar-refractivity contribution < 1.29 is 18.3 Å². The van der Waals surface area contributed by atoms with Crippen molar-refractivity contribution in [3.63, 3.8) is 0 Å². The number of nitrogens with one attached hydrogen (secondary N) is 1. The van der Waals surface area contributed by atoms with Crippen LogP contribution < -0.4 is 5.32 Å². The molecule has 2 aromatic rings. The van der Waals surface area contributed by atoms with Crippen molar-refractivity contribution in [2.45, 2.75) is 11.8 Å².